The molecule has 5 nitrogen and oxygen atoms in total. The van der Waals surface area contributed by atoms with E-state index >= 15 is 0 Å². The SMILES string of the molecule is O=C([C@@H](O)c1ccccc1)N1CCC(Oc2ccncc2)CC1. The number of carbonyl (C=O) groups excluding carboxylic acids is 1. The number of hydrogen-bond donors (Lipinski definition) is 1. The van der Waals surface area contributed by atoms with Crippen LogP contribution in [-0.2, 0) is 4.79 Å². The van der Waals surface area contributed by atoms with Gasteiger partial charge < -0.3 is 14.7 Å². The quantitative estimate of drug-likeness (QED) is 0.940. The molecule has 0 saturated carbocycles. The van der Waals surface area contributed by atoms with Gasteiger partial charge in [0.05, 0.1) is 0 Å². The number of rotatable bonds is 4. The standard InChI is InChI=1S/C18H20N2O3/c21-17(14-4-2-1-3-5-14)18(22)20-12-8-16(9-13-20)23-15-6-10-19-11-7-15/h1-7,10-11,16-17,21H,8-9,12-13H2/t17-/m0/s1. The van der Waals surface area contributed by atoms with Crippen molar-refractivity contribution in [2.24, 2.45) is 0 Å². The zero-order chi connectivity index (χ0) is 16.1. The lowest BCUT2D eigenvalue weighted by Crippen LogP contribution is -2.43. The van der Waals surface area contributed by atoms with Crippen molar-refractivity contribution in [1.29, 1.82) is 0 Å². The first-order chi connectivity index (χ1) is 11.2. The lowest BCUT2D eigenvalue weighted by molar-refractivity contribution is -0.142. The molecule has 1 amide bonds. The molecule has 1 aliphatic rings. The number of piperidine rings is 1. The summed E-state index contributed by atoms with van der Waals surface area (Å²) >= 11 is 0. The summed E-state index contributed by atoms with van der Waals surface area (Å²) in [4.78, 5) is 18.1. The average Bonchev–Trinajstić information content (AvgIpc) is 2.63. The Morgan fingerprint density at radius 2 is 1.78 bits per heavy atom. The third-order valence-electron chi connectivity index (χ3n) is 4.06. The number of benzene rings is 1. The van der Waals surface area contributed by atoms with Gasteiger partial charge in [0.25, 0.3) is 5.91 Å². The number of aromatic nitrogens is 1. The fourth-order valence-corrected chi connectivity index (χ4v) is 2.75. The van der Waals surface area contributed by atoms with E-state index in [9.17, 15) is 9.90 Å². The number of pyridine rings is 1. The minimum atomic E-state index is -1.09. The molecule has 3 rings (SSSR count). The average molecular weight is 312 g/mol. The van der Waals surface area contributed by atoms with Gasteiger partial charge in [0.15, 0.2) is 6.10 Å². The zero-order valence-electron chi connectivity index (χ0n) is 12.8. The Labute approximate surface area is 135 Å². The van der Waals surface area contributed by atoms with Crippen LogP contribution in [0.15, 0.2) is 54.9 Å². The molecule has 1 aromatic heterocycles. The fourth-order valence-electron chi connectivity index (χ4n) is 2.75. The van der Waals surface area contributed by atoms with Gasteiger partial charge in [0, 0.05) is 38.3 Å². The van der Waals surface area contributed by atoms with E-state index < -0.39 is 6.10 Å². The normalized spacial score (nSPS) is 16.8. The smallest absolute Gasteiger partial charge is 0.256 e. The number of carbonyl (C=O) groups is 1. The zero-order valence-corrected chi connectivity index (χ0v) is 12.8. The van der Waals surface area contributed by atoms with Crippen LogP contribution in [-0.4, -0.2) is 40.1 Å². The van der Waals surface area contributed by atoms with E-state index in [2.05, 4.69) is 4.98 Å². The first kappa shape index (κ1) is 15.5. The summed E-state index contributed by atoms with van der Waals surface area (Å²) in [6.07, 6.45) is 3.92. The predicted octanol–water partition coefficient (Wildman–Crippen LogP) is 2.18. The van der Waals surface area contributed by atoms with Crippen molar-refractivity contribution < 1.29 is 14.6 Å². The molecule has 1 aromatic carbocycles. The Bertz CT molecular complexity index is 625. The van der Waals surface area contributed by atoms with Crippen molar-refractivity contribution in [2.75, 3.05) is 13.1 Å². The summed E-state index contributed by atoms with van der Waals surface area (Å²) in [5, 5.41) is 10.2. The molecule has 0 radical (unpaired) electrons. The molecule has 0 unspecified atom stereocenters. The van der Waals surface area contributed by atoms with Crippen LogP contribution >= 0.6 is 0 Å². The van der Waals surface area contributed by atoms with E-state index in [4.69, 9.17) is 4.74 Å². The maximum Gasteiger partial charge on any atom is 0.256 e. The first-order valence-electron chi connectivity index (χ1n) is 7.82. The molecule has 1 fully saturated rings. The number of likely N-dealkylation sites (tertiary alicyclic amines) is 1. The van der Waals surface area contributed by atoms with Crippen molar-refractivity contribution in [3.8, 4) is 5.75 Å². The van der Waals surface area contributed by atoms with Gasteiger partial charge in [-0.25, -0.2) is 0 Å². The Balaban J connectivity index is 1.53. The fraction of sp³-hybridized carbons (Fsp3) is 0.333. The number of amides is 1. The molecule has 1 saturated heterocycles. The molecule has 0 spiro atoms. The summed E-state index contributed by atoms with van der Waals surface area (Å²) in [6.45, 7) is 1.19. The van der Waals surface area contributed by atoms with E-state index in [1.165, 1.54) is 0 Å². The van der Waals surface area contributed by atoms with Crippen molar-refractivity contribution in [3.63, 3.8) is 0 Å². The molecule has 120 valence electrons. The van der Waals surface area contributed by atoms with Crippen LogP contribution in [0.25, 0.3) is 0 Å². The largest absolute Gasteiger partial charge is 0.490 e. The Kier molecular flexibility index (Phi) is 4.88. The van der Waals surface area contributed by atoms with Crippen LogP contribution < -0.4 is 4.74 Å². The van der Waals surface area contributed by atoms with Crippen molar-refractivity contribution >= 4 is 5.91 Å². The summed E-state index contributed by atoms with van der Waals surface area (Å²) in [7, 11) is 0. The highest BCUT2D eigenvalue weighted by atomic mass is 16.5. The lowest BCUT2D eigenvalue weighted by atomic mass is 10.0. The second-order valence-corrected chi connectivity index (χ2v) is 5.64. The molecular formula is C18H20N2O3. The van der Waals surface area contributed by atoms with Gasteiger partial charge in [-0.1, -0.05) is 30.3 Å². The molecule has 1 atom stereocenters. The highest BCUT2D eigenvalue weighted by molar-refractivity contribution is 5.82. The van der Waals surface area contributed by atoms with E-state index in [-0.39, 0.29) is 12.0 Å². The van der Waals surface area contributed by atoms with Gasteiger partial charge in [0.1, 0.15) is 11.9 Å². The van der Waals surface area contributed by atoms with Crippen LogP contribution in [0.5, 0.6) is 5.75 Å². The van der Waals surface area contributed by atoms with Crippen LogP contribution in [0.1, 0.15) is 24.5 Å². The highest BCUT2D eigenvalue weighted by Crippen LogP contribution is 2.21. The van der Waals surface area contributed by atoms with Gasteiger partial charge in [-0.05, 0) is 17.7 Å². The lowest BCUT2D eigenvalue weighted by Gasteiger charge is -2.33. The van der Waals surface area contributed by atoms with Gasteiger partial charge >= 0.3 is 0 Å². The molecule has 0 bridgehead atoms. The third-order valence-corrected chi connectivity index (χ3v) is 4.06. The molecular weight excluding hydrogens is 292 g/mol. The summed E-state index contributed by atoms with van der Waals surface area (Å²) in [5.41, 5.74) is 0.632. The molecule has 2 aromatic rings. The summed E-state index contributed by atoms with van der Waals surface area (Å²) in [5.74, 6) is 0.563. The van der Waals surface area contributed by atoms with Gasteiger partial charge in [-0.2, -0.15) is 0 Å². The number of aliphatic hydroxyl groups excluding tert-OH is 1. The van der Waals surface area contributed by atoms with E-state index in [1.807, 2.05) is 30.3 Å². The maximum atomic E-state index is 12.4. The minimum Gasteiger partial charge on any atom is -0.490 e. The maximum absolute atomic E-state index is 12.4. The number of nitrogens with zero attached hydrogens (tertiary/aromatic N) is 2. The number of hydrogen-bond acceptors (Lipinski definition) is 4. The van der Waals surface area contributed by atoms with Crippen LogP contribution in [0.3, 0.4) is 0 Å². The molecule has 1 N–H and O–H groups in total. The highest BCUT2D eigenvalue weighted by Gasteiger charge is 2.28. The van der Waals surface area contributed by atoms with Crippen LogP contribution in [0.4, 0.5) is 0 Å². The molecule has 1 aliphatic heterocycles. The third kappa shape index (κ3) is 3.87. The molecule has 23 heavy (non-hydrogen) atoms. The summed E-state index contributed by atoms with van der Waals surface area (Å²) in [6, 6.07) is 12.7. The monoisotopic (exact) mass is 312 g/mol. The topological polar surface area (TPSA) is 62.7 Å². The number of ether oxygens (including phenoxy) is 1. The second kappa shape index (κ2) is 7.24. The Hall–Kier alpha value is -2.40. The Morgan fingerprint density at radius 1 is 1.13 bits per heavy atom. The van der Waals surface area contributed by atoms with Gasteiger partial charge in [-0.3, -0.25) is 9.78 Å². The molecule has 2 heterocycles. The van der Waals surface area contributed by atoms with Gasteiger partial charge in [-0.15, -0.1) is 0 Å². The molecule has 5 heteroatoms. The predicted molar refractivity (Wildman–Crippen MR) is 85.9 cm³/mol. The van der Waals surface area contributed by atoms with Crippen LogP contribution in [0.2, 0.25) is 0 Å². The summed E-state index contributed by atoms with van der Waals surface area (Å²) < 4.78 is 5.89. The second-order valence-electron chi connectivity index (χ2n) is 5.64. The van der Waals surface area contributed by atoms with Gasteiger partial charge in [0.2, 0.25) is 0 Å². The van der Waals surface area contributed by atoms with E-state index in [0.717, 1.165) is 18.6 Å². The van der Waals surface area contributed by atoms with Crippen molar-refractivity contribution in [2.45, 2.75) is 25.0 Å². The van der Waals surface area contributed by atoms with Crippen molar-refractivity contribution in [3.05, 3.63) is 60.4 Å². The Morgan fingerprint density at radius 3 is 2.43 bits per heavy atom. The van der Waals surface area contributed by atoms with E-state index in [1.54, 1.807) is 29.4 Å². The first-order valence-corrected chi connectivity index (χ1v) is 7.82. The van der Waals surface area contributed by atoms with E-state index in [0.29, 0.717) is 18.7 Å². The minimum absolute atomic E-state index is 0.0929. The molecule has 0 aliphatic carbocycles. The van der Waals surface area contributed by atoms with Crippen molar-refractivity contribution in [1.82, 2.24) is 9.88 Å². The van der Waals surface area contributed by atoms with Crippen LogP contribution in [0, 0.1) is 0 Å². The number of aliphatic hydroxyl groups is 1.